The molecule has 10 nitrogen and oxygen atoms in total. The summed E-state index contributed by atoms with van der Waals surface area (Å²) in [6.07, 6.45) is -14.9. The van der Waals surface area contributed by atoms with Crippen molar-refractivity contribution in [2.45, 2.75) is 18.5 Å². The van der Waals surface area contributed by atoms with Crippen molar-refractivity contribution in [3.05, 3.63) is 102 Å². The molecular weight excluding hydrogens is 703 g/mol. The zero-order valence-corrected chi connectivity index (χ0v) is 24.9. The molecule has 0 amide bonds. The Labute approximate surface area is 275 Å². The highest BCUT2D eigenvalue weighted by atomic mass is 19.4. The van der Waals surface area contributed by atoms with Gasteiger partial charge in [-0.05, 0) is 66.7 Å². The molecular formula is C31H21F9O10. The van der Waals surface area contributed by atoms with Crippen LogP contribution in [0.4, 0.5) is 39.5 Å². The standard InChI is InChI=1S/C31H21F9O10/c1-17(29(32,33)34)26(41)48-15-45-20-5-3-19(4-6-20)28(43)50-23-11-12-25(24(13-23)31(38,39)40)47-14-44-21-7-9-22(10-8-21)46-16-49-27(42)18(2)30(35,36)37/h3-13H,1-2,14-16H2. The molecule has 0 bridgehead atoms. The quantitative estimate of drug-likeness (QED) is 0.0550. The molecule has 0 atom stereocenters. The smallest absolute Gasteiger partial charge is 0.422 e. The van der Waals surface area contributed by atoms with E-state index in [9.17, 15) is 53.9 Å². The molecule has 0 saturated carbocycles. The lowest BCUT2D eigenvalue weighted by Gasteiger charge is -2.16. The van der Waals surface area contributed by atoms with Crippen LogP contribution in [0.5, 0.6) is 28.7 Å². The van der Waals surface area contributed by atoms with E-state index in [-0.39, 0.29) is 22.8 Å². The number of halogens is 9. The van der Waals surface area contributed by atoms with E-state index in [0.29, 0.717) is 6.07 Å². The van der Waals surface area contributed by atoms with Crippen LogP contribution in [0.1, 0.15) is 15.9 Å². The zero-order chi connectivity index (χ0) is 37.3. The summed E-state index contributed by atoms with van der Waals surface area (Å²) in [5, 5.41) is 0. The average Bonchev–Trinajstić information content (AvgIpc) is 3.04. The van der Waals surface area contributed by atoms with Crippen LogP contribution < -0.4 is 23.7 Å². The predicted molar refractivity (Wildman–Crippen MR) is 149 cm³/mol. The Morgan fingerprint density at radius 3 is 1.36 bits per heavy atom. The molecule has 0 radical (unpaired) electrons. The molecule has 50 heavy (non-hydrogen) atoms. The van der Waals surface area contributed by atoms with Gasteiger partial charge in [-0.2, -0.15) is 39.5 Å². The van der Waals surface area contributed by atoms with Gasteiger partial charge >= 0.3 is 36.4 Å². The third kappa shape index (κ3) is 11.4. The minimum absolute atomic E-state index is 0.0370. The maximum absolute atomic E-state index is 13.8. The van der Waals surface area contributed by atoms with Gasteiger partial charge in [0.2, 0.25) is 20.4 Å². The van der Waals surface area contributed by atoms with Crippen LogP contribution in [-0.2, 0) is 25.2 Å². The number of ether oxygens (including phenoxy) is 7. The van der Waals surface area contributed by atoms with Gasteiger partial charge in [-0.1, -0.05) is 13.2 Å². The van der Waals surface area contributed by atoms with Crippen LogP contribution in [0.3, 0.4) is 0 Å². The highest BCUT2D eigenvalue weighted by Crippen LogP contribution is 2.39. The molecule has 0 spiro atoms. The van der Waals surface area contributed by atoms with E-state index in [1.165, 1.54) is 24.3 Å². The topological polar surface area (TPSA) is 116 Å². The number of hydrogen-bond acceptors (Lipinski definition) is 10. The van der Waals surface area contributed by atoms with Gasteiger partial charge in [0.15, 0.2) is 0 Å². The Morgan fingerprint density at radius 1 is 0.540 bits per heavy atom. The minimum atomic E-state index is -4.99. The van der Waals surface area contributed by atoms with E-state index in [1.54, 1.807) is 0 Å². The van der Waals surface area contributed by atoms with E-state index < -0.39 is 85.0 Å². The largest absolute Gasteiger partial charge is 0.457 e. The Kier molecular flexibility index (Phi) is 12.4. The normalized spacial score (nSPS) is 11.5. The van der Waals surface area contributed by atoms with E-state index in [0.717, 1.165) is 36.4 Å². The number of hydrogen-bond donors (Lipinski definition) is 0. The van der Waals surface area contributed by atoms with Gasteiger partial charge in [0.1, 0.15) is 45.5 Å². The Bertz CT molecular complexity index is 1700. The first-order chi connectivity index (χ1) is 23.3. The molecule has 0 fully saturated rings. The molecule has 0 aliphatic heterocycles. The Hall–Kier alpha value is -5.88. The number of carbonyl (C=O) groups is 3. The summed E-state index contributed by atoms with van der Waals surface area (Å²) in [7, 11) is 0. The molecule has 268 valence electrons. The van der Waals surface area contributed by atoms with Crippen molar-refractivity contribution >= 4 is 17.9 Å². The predicted octanol–water partition coefficient (Wildman–Crippen LogP) is 7.34. The van der Waals surface area contributed by atoms with Gasteiger partial charge in [-0.3, -0.25) is 0 Å². The van der Waals surface area contributed by atoms with Crippen LogP contribution >= 0.6 is 0 Å². The van der Waals surface area contributed by atoms with Crippen LogP contribution in [0.25, 0.3) is 0 Å². The second-order valence-electron chi connectivity index (χ2n) is 9.29. The number of esters is 3. The van der Waals surface area contributed by atoms with Gasteiger partial charge in [0, 0.05) is 0 Å². The number of carbonyl (C=O) groups excluding carboxylic acids is 3. The van der Waals surface area contributed by atoms with Crippen molar-refractivity contribution in [1.29, 1.82) is 0 Å². The van der Waals surface area contributed by atoms with Crippen molar-refractivity contribution in [3.8, 4) is 28.7 Å². The summed E-state index contributed by atoms with van der Waals surface area (Å²) in [5.41, 5.74) is -4.96. The maximum atomic E-state index is 13.8. The molecule has 0 aromatic heterocycles. The van der Waals surface area contributed by atoms with Gasteiger partial charge in [0.25, 0.3) is 0 Å². The molecule has 19 heteroatoms. The van der Waals surface area contributed by atoms with E-state index in [4.69, 9.17) is 23.7 Å². The highest BCUT2D eigenvalue weighted by molar-refractivity contribution is 5.91. The van der Waals surface area contributed by atoms with Crippen LogP contribution in [0, 0.1) is 0 Å². The van der Waals surface area contributed by atoms with Crippen molar-refractivity contribution in [3.63, 3.8) is 0 Å². The second-order valence-corrected chi connectivity index (χ2v) is 9.29. The van der Waals surface area contributed by atoms with Gasteiger partial charge < -0.3 is 33.2 Å². The molecule has 0 unspecified atom stereocenters. The fourth-order valence-electron chi connectivity index (χ4n) is 3.27. The SMILES string of the molecule is C=C(C(=O)OCOc1ccc(OCOc2ccc(OC(=O)c3ccc(OCOC(=O)C(=C)C(F)(F)F)cc3)cc2C(F)(F)F)cc1)C(F)(F)F. The van der Waals surface area contributed by atoms with E-state index >= 15 is 0 Å². The number of alkyl halides is 9. The van der Waals surface area contributed by atoms with Crippen molar-refractivity contribution in [2.24, 2.45) is 0 Å². The Morgan fingerprint density at radius 2 is 0.940 bits per heavy atom. The number of rotatable bonds is 14. The molecule has 3 aromatic carbocycles. The third-order valence-electron chi connectivity index (χ3n) is 5.83. The van der Waals surface area contributed by atoms with Crippen molar-refractivity contribution < 1.29 is 87.1 Å². The average molecular weight is 724 g/mol. The lowest BCUT2D eigenvalue weighted by Crippen LogP contribution is -2.22. The molecule has 3 aromatic rings. The third-order valence-corrected chi connectivity index (χ3v) is 5.83. The zero-order valence-electron chi connectivity index (χ0n) is 24.9. The fourth-order valence-corrected chi connectivity index (χ4v) is 3.27. The molecule has 0 aliphatic carbocycles. The number of benzene rings is 3. The monoisotopic (exact) mass is 724 g/mol. The minimum Gasteiger partial charge on any atom is -0.457 e. The van der Waals surface area contributed by atoms with Gasteiger partial charge in [-0.15, -0.1) is 0 Å². The maximum Gasteiger partial charge on any atom is 0.422 e. The molecule has 0 N–H and O–H groups in total. The summed E-state index contributed by atoms with van der Waals surface area (Å²) in [6.45, 7) is 2.62. The van der Waals surface area contributed by atoms with Crippen molar-refractivity contribution in [1.82, 2.24) is 0 Å². The first-order valence-electron chi connectivity index (χ1n) is 13.3. The van der Waals surface area contributed by atoms with Crippen LogP contribution in [0.15, 0.2) is 91.0 Å². The highest BCUT2D eigenvalue weighted by Gasteiger charge is 2.39. The summed E-state index contributed by atoms with van der Waals surface area (Å²) in [4.78, 5) is 35.1. The van der Waals surface area contributed by atoms with E-state index in [2.05, 4.69) is 22.6 Å². The first-order valence-corrected chi connectivity index (χ1v) is 13.3. The summed E-state index contributed by atoms with van der Waals surface area (Å²) in [6, 6.07) is 12.0. The lowest BCUT2D eigenvalue weighted by atomic mass is 10.1. The fraction of sp³-hybridized carbons (Fsp3) is 0.194. The molecule has 0 heterocycles. The Balaban J connectivity index is 1.52. The molecule has 0 aliphatic rings. The molecule has 3 rings (SSSR count). The molecule has 0 saturated heterocycles. The first kappa shape index (κ1) is 38.6. The van der Waals surface area contributed by atoms with E-state index in [1.807, 2.05) is 0 Å². The van der Waals surface area contributed by atoms with Crippen LogP contribution in [0.2, 0.25) is 0 Å². The second kappa shape index (κ2) is 16.0. The van der Waals surface area contributed by atoms with Gasteiger partial charge in [-0.25, -0.2) is 14.4 Å². The van der Waals surface area contributed by atoms with Gasteiger partial charge in [0.05, 0.1) is 5.56 Å². The summed E-state index contributed by atoms with van der Waals surface area (Å²) in [5.74, 6) is -5.73. The van der Waals surface area contributed by atoms with Crippen molar-refractivity contribution in [2.75, 3.05) is 20.4 Å². The summed E-state index contributed by atoms with van der Waals surface area (Å²) < 4.78 is 150. The lowest BCUT2D eigenvalue weighted by molar-refractivity contribution is -0.157. The van der Waals surface area contributed by atoms with Crippen LogP contribution in [-0.4, -0.2) is 50.6 Å². The summed E-state index contributed by atoms with van der Waals surface area (Å²) >= 11 is 0.